The molecule has 0 radical (unpaired) electrons. The number of nitrogens with zero attached hydrogens (tertiary/aromatic N) is 2. The number of amides is 1. The number of nitriles is 1. The van der Waals surface area contributed by atoms with Crippen LogP contribution < -0.4 is 19.5 Å². The lowest BCUT2D eigenvalue weighted by molar-refractivity contribution is -0.142. The van der Waals surface area contributed by atoms with Gasteiger partial charge in [-0.25, -0.2) is 4.79 Å². The topological polar surface area (TPSA) is 112 Å². The highest BCUT2D eigenvalue weighted by atomic mass is 16.5. The molecule has 36 heavy (non-hydrogen) atoms. The number of methoxy groups -OCH3 is 3. The van der Waals surface area contributed by atoms with Crippen LogP contribution in [0.5, 0.6) is 17.2 Å². The second-order valence-electron chi connectivity index (χ2n) is 7.72. The first-order valence-electron chi connectivity index (χ1n) is 11.0. The van der Waals surface area contributed by atoms with Crippen molar-refractivity contribution >= 4 is 23.6 Å². The molecule has 0 aliphatic carbocycles. The Morgan fingerprint density at radius 3 is 2.25 bits per heavy atom. The quantitative estimate of drug-likeness (QED) is 0.272. The lowest BCUT2D eigenvalue weighted by Crippen LogP contribution is -2.21. The summed E-state index contributed by atoms with van der Waals surface area (Å²) in [5, 5.41) is 12.2. The van der Waals surface area contributed by atoms with E-state index in [1.165, 1.54) is 20.3 Å². The van der Waals surface area contributed by atoms with Crippen molar-refractivity contribution in [2.24, 2.45) is 0 Å². The lowest BCUT2D eigenvalue weighted by atomic mass is 10.1. The monoisotopic (exact) mass is 489 g/mol. The van der Waals surface area contributed by atoms with E-state index in [0.29, 0.717) is 22.7 Å². The van der Waals surface area contributed by atoms with Gasteiger partial charge in [-0.05, 0) is 68.0 Å². The molecule has 0 aliphatic rings. The molecule has 3 rings (SSSR count). The molecule has 3 aromatic rings. The smallest absolute Gasteiger partial charge is 0.349 e. The molecule has 186 valence electrons. The highest BCUT2D eigenvalue weighted by molar-refractivity contribution is 6.00. The van der Waals surface area contributed by atoms with Gasteiger partial charge < -0.3 is 28.8 Å². The van der Waals surface area contributed by atoms with Gasteiger partial charge in [-0.1, -0.05) is 0 Å². The van der Waals surface area contributed by atoms with Crippen LogP contribution in [0, 0.1) is 25.2 Å². The number of aromatic nitrogens is 1. The average Bonchev–Trinajstić information content (AvgIpc) is 3.18. The van der Waals surface area contributed by atoms with E-state index in [-0.39, 0.29) is 5.57 Å². The van der Waals surface area contributed by atoms with Gasteiger partial charge in [-0.3, -0.25) is 4.79 Å². The normalized spacial score (nSPS) is 10.8. The van der Waals surface area contributed by atoms with Crippen LogP contribution >= 0.6 is 0 Å². The Balaban J connectivity index is 1.71. The molecule has 0 fully saturated rings. The number of rotatable bonds is 9. The molecule has 0 spiro atoms. The minimum absolute atomic E-state index is 0.222. The van der Waals surface area contributed by atoms with Gasteiger partial charge in [-0.15, -0.1) is 0 Å². The number of ether oxygens (including phenoxy) is 4. The van der Waals surface area contributed by atoms with Crippen LogP contribution in [0.3, 0.4) is 0 Å². The van der Waals surface area contributed by atoms with Crippen LogP contribution in [0.15, 0.2) is 54.1 Å². The first-order valence-corrected chi connectivity index (χ1v) is 11.0. The van der Waals surface area contributed by atoms with Crippen molar-refractivity contribution in [2.45, 2.75) is 13.8 Å². The predicted molar refractivity (Wildman–Crippen MR) is 135 cm³/mol. The number of nitrogens with one attached hydrogen (secondary N) is 1. The predicted octanol–water partition coefficient (Wildman–Crippen LogP) is 4.21. The number of hydrogen-bond donors (Lipinski definition) is 1. The molecule has 2 aromatic carbocycles. The summed E-state index contributed by atoms with van der Waals surface area (Å²) in [7, 11) is 4.58. The number of carbonyl (C=O) groups is 2. The summed E-state index contributed by atoms with van der Waals surface area (Å²) >= 11 is 0. The number of aryl methyl sites for hydroxylation is 1. The average molecular weight is 490 g/mol. The van der Waals surface area contributed by atoms with Gasteiger partial charge in [0.1, 0.15) is 28.9 Å². The fraction of sp³-hybridized carbons (Fsp3) is 0.222. The van der Waals surface area contributed by atoms with Gasteiger partial charge in [0.25, 0.3) is 5.91 Å². The molecule has 0 saturated carbocycles. The van der Waals surface area contributed by atoms with Gasteiger partial charge in [0, 0.05) is 23.1 Å². The SMILES string of the molecule is COc1ccc(-n2c(C)cc(/C=C(\C#N)C(=O)OCC(=O)Nc3ccc(OC)cc3OC)c2C)cc1. The van der Waals surface area contributed by atoms with E-state index in [1.54, 1.807) is 25.3 Å². The number of hydrogen-bond acceptors (Lipinski definition) is 7. The Morgan fingerprint density at radius 1 is 0.972 bits per heavy atom. The van der Waals surface area contributed by atoms with E-state index >= 15 is 0 Å². The lowest BCUT2D eigenvalue weighted by Gasteiger charge is -2.11. The molecule has 1 N–H and O–H groups in total. The van der Waals surface area contributed by atoms with Crippen LogP contribution in [0.4, 0.5) is 5.69 Å². The summed E-state index contributed by atoms with van der Waals surface area (Å²) in [5.41, 5.74) is 3.52. The summed E-state index contributed by atoms with van der Waals surface area (Å²) in [6.07, 6.45) is 1.45. The molecular formula is C27H27N3O6. The summed E-state index contributed by atoms with van der Waals surface area (Å²) in [5.74, 6) is 0.209. The zero-order chi connectivity index (χ0) is 26.2. The van der Waals surface area contributed by atoms with Crippen molar-refractivity contribution < 1.29 is 28.5 Å². The van der Waals surface area contributed by atoms with Crippen LogP contribution in [-0.4, -0.2) is 44.4 Å². The second kappa shape index (κ2) is 11.6. The van der Waals surface area contributed by atoms with Gasteiger partial charge in [0.2, 0.25) is 0 Å². The maximum atomic E-state index is 12.5. The second-order valence-corrected chi connectivity index (χ2v) is 7.72. The third kappa shape index (κ3) is 5.85. The number of carbonyl (C=O) groups excluding carboxylic acids is 2. The summed E-state index contributed by atoms with van der Waals surface area (Å²) in [4.78, 5) is 24.9. The third-order valence-electron chi connectivity index (χ3n) is 5.46. The van der Waals surface area contributed by atoms with Gasteiger partial charge in [-0.2, -0.15) is 5.26 Å². The minimum atomic E-state index is -0.899. The van der Waals surface area contributed by atoms with E-state index < -0.39 is 18.5 Å². The number of anilines is 1. The Labute approximate surface area is 209 Å². The zero-order valence-electron chi connectivity index (χ0n) is 20.7. The van der Waals surface area contributed by atoms with Gasteiger partial charge in [0.15, 0.2) is 6.61 Å². The first kappa shape index (κ1) is 25.9. The number of esters is 1. The molecule has 9 heteroatoms. The van der Waals surface area contributed by atoms with Gasteiger partial charge >= 0.3 is 5.97 Å². The summed E-state index contributed by atoms with van der Waals surface area (Å²) in [6.45, 7) is 3.24. The van der Waals surface area contributed by atoms with Crippen molar-refractivity contribution in [3.63, 3.8) is 0 Å². The van der Waals surface area contributed by atoms with Crippen molar-refractivity contribution in [3.05, 3.63) is 71.1 Å². The molecule has 1 aromatic heterocycles. The standard InChI is InChI=1S/C27H27N3O6/c1-17-12-19(18(2)30(17)21-6-8-22(33-3)9-7-21)13-20(15-28)27(32)36-16-26(31)29-24-11-10-23(34-4)14-25(24)35-5/h6-14H,16H2,1-5H3,(H,29,31)/b20-13+. The number of benzene rings is 2. The molecular weight excluding hydrogens is 462 g/mol. The van der Waals surface area contributed by atoms with E-state index in [0.717, 1.165) is 22.8 Å². The minimum Gasteiger partial charge on any atom is -0.497 e. The van der Waals surface area contributed by atoms with Crippen molar-refractivity contribution in [1.29, 1.82) is 5.26 Å². The van der Waals surface area contributed by atoms with E-state index in [9.17, 15) is 14.9 Å². The Hall–Kier alpha value is -4.71. The Bertz CT molecular complexity index is 1330. The first-order chi connectivity index (χ1) is 17.3. The molecule has 0 unspecified atom stereocenters. The summed E-state index contributed by atoms with van der Waals surface area (Å²) < 4.78 is 22.7. The highest BCUT2D eigenvalue weighted by Crippen LogP contribution is 2.29. The van der Waals surface area contributed by atoms with Crippen molar-refractivity contribution in [3.8, 4) is 29.0 Å². The van der Waals surface area contributed by atoms with Crippen LogP contribution in [0.2, 0.25) is 0 Å². The maximum Gasteiger partial charge on any atom is 0.349 e. The van der Waals surface area contributed by atoms with Crippen molar-refractivity contribution in [1.82, 2.24) is 4.57 Å². The molecule has 0 bridgehead atoms. The molecule has 0 saturated heterocycles. The fourth-order valence-corrected chi connectivity index (χ4v) is 3.65. The van der Waals surface area contributed by atoms with E-state index in [4.69, 9.17) is 18.9 Å². The molecule has 0 aliphatic heterocycles. The Kier molecular flexibility index (Phi) is 8.36. The maximum absolute atomic E-state index is 12.5. The highest BCUT2D eigenvalue weighted by Gasteiger charge is 2.17. The molecule has 9 nitrogen and oxygen atoms in total. The van der Waals surface area contributed by atoms with Crippen LogP contribution in [-0.2, 0) is 14.3 Å². The van der Waals surface area contributed by atoms with Gasteiger partial charge in [0.05, 0.1) is 27.0 Å². The third-order valence-corrected chi connectivity index (χ3v) is 5.46. The van der Waals surface area contributed by atoms with Crippen molar-refractivity contribution in [2.75, 3.05) is 33.3 Å². The molecule has 1 amide bonds. The van der Waals surface area contributed by atoms with Crippen LogP contribution in [0.1, 0.15) is 17.0 Å². The largest absolute Gasteiger partial charge is 0.497 e. The zero-order valence-corrected chi connectivity index (χ0v) is 20.7. The molecule has 1 heterocycles. The Morgan fingerprint density at radius 2 is 1.64 bits per heavy atom. The van der Waals surface area contributed by atoms with Crippen LogP contribution in [0.25, 0.3) is 11.8 Å². The molecule has 0 atom stereocenters. The van der Waals surface area contributed by atoms with E-state index in [2.05, 4.69) is 5.32 Å². The fourth-order valence-electron chi connectivity index (χ4n) is 3.65. The summed E-state index contributed by atoms with van der Waals surface area (Å²) in [6, 6.07) is 16.2. The van der Waals surface area contributed by atoms with E-state index in [1.807, 2.05) is 54.8 Å².